The zero-order valence-electron chi connectivity index (χ0n) is 17.4. The average molecular weight is 477 g/mol. The smallest absolute Gasteiger partial charge is 0.290 e. The van der Waals surface area contributed by atoms with Crippen molar-refractivity contribution in [3.8, 4) is 0 Å². The molecule has 1 amide bonds. The molecule has 3 heterocycles. The number of aromatic nitrogens is 4. The minimum absolute atomic E-state index is 0.0214. The first-order chi connectivity index (χ1) is 15.8. The minimum atomic E-state index is -3.23. The Balaban J connectivity index is 0.000000464. The van der Waals surface area contributed by atoms with E-state index < -0.39 is 15.9 Å². The predicted octanol–water partition coefficient (Wildman–Crippen LogP) is 0.807. The fourth-order valence-electron chi connectivity index (χ4n) is 3.83. The van der Waals surface area contributed by atoms with Gasteiger partial charge in [-0.15, -0.1) is 0 Å². The third kappa shape index (κ3) is 5.74. The Bertz CT molecular complexity index is 1230. The maximum Gasteiger partial charge on any atom is 0.290 e. The quantitative estimate of drug-likeness (QED) is 0.395. The molecular weight excluding hydrogens is 454 g/mol. The van der Waals surface area contributed by atoms with Crippen LogP contribution in [0.25, 0.3) is 11.0 Å². The zero-order valence-corrected chi connectivity index (χ0v) is 18.2. The number of rotatable bonds is 4. The number of sulfone groups is 1. The number of carboxylic acid groups (broad SMARTS) is 2. The number of imidazole rings is 2. The maximum absolute atomic E-state index is 12.8. The van der Waals surface area contributed by atoms with Crippen molar-refractivity contribution in [2.45, 2.75) is 30.8 Å². The van der Waals surface area contributed by atoms with Crippen molar-refractivity contribution in [3.05, 3.63) is 48.3 Å². The topological polar surface area (TPSA) is 184 Å². The fraction of sp³-hybridized carbons (Fsp3) is 0.350. The molecule has 1 saturated heterocycles. The van der Waals surface area contributed by atoms with Crippen LogP contribution in [-0.4, -0.2) is 74.5 Å². The van der Waals surface area contributed by atoms with E-state index >= 15 is 0 Å². The molecule has 1 saturated carbocycles. The molecule has 33 heavy (non-hydrogen) atoms. The highest BCUT2D eigenvalue weighted by atomic mass is 32.2. The van der Waals surface area contributed by atoms with Gasteiger partial charge in [0.15, 0.2) is 9.84 Å². The molecule has 13 heteroatoms. The number of nitrogens with one attached hydrogen (secondary N) is 2. The van der Waals surface area contributed by atoms with Crippen molar-refractivity contribution >= 4 is 39.7 Å². The van der Waals surface area contributed by atoms with Gasteiger partial charge in [0.2, 0.25) is 0 Å². The number of nitrogens with zero attached hydrogens (tertiary/aromatic N) is 3. The second-order valence-electron chi connectivity index (χ2n) is 7.54. The third-order valence-corrected chi connectivity index (χ3v) is 7.04. The highest BCUT2D eigenvalue weighted by Crippen LogP contribution is 2.41. The standard InChI is InChI=1S/C18H19N5O3S.2CH2O2/c24-18(12-3-4-13-14(7-12)21-10-20-13)22-15-8-27(25,26)9-16(15)23-6-5-19-17(23)11-1-2-11;2*2-1-3/h3-7,10-11,15-16H,1-2,8-9H2,(H,20,21)(H,22,24);2*1H,(H,2,3)/t15-,16+;;/m0../s1. The van der Waals surface area contributed by atoms with E-state index in [-0.39, 0.29) is 36.4 Å². The van der Waals surface area contributed by atoms with Crippen molar-refractivity contribution in [1.29, 1.82) is 0 Å². The molecule has 1 aromatic carbocycles. The average Bonchev–Trinajstić information content (AvgIpc) is 3.18. The van der Waals surface area contributed by atoms with Gasteiger partial charge in [-0.2, -0.15) is 0 Å². The SMILES string of the molecule is O=C(N[C@H]1CS(=O)(=O)C[C@H]1n1ccnc1C1CC1)c1ccc2nc[nH]c2c1.O=CO.O=CO. The largest absolute Gasteiger partial charge is 0.483 e. The normalized spacial score (nSPS) is 20.6. The molecule has 0 spiro atoms. The van der Waals surface area contributed by atoms with Crippen molar-refractivity contribution < 1.29 is 33.0 Å². The molecule has 1 aliphatic carbocycles. The zero-order chi connectivity index (χ0) is 24.0. The summed E-state index contributed by atoms with van der Waals surface area (Å²) in [6, 6.07) is 4.39. The van der Waals surface area contributed by atoms with Gasteiger partial charge in [-0.25, -0.2) is 18.4 Å². The van der Waals surface area contributed by atoms with E-state index in [2.05, 4.69) is 20.3 Å². The van der Waals surface area contributed by atoms with Crippen LogP contribution in [0.15, 0.2) is 36.9 Å². The molecule has 2 fully saturated rings. The molecule has 12 nitrogen and oxygen atoms in total. The lowest BCUT2D eigenvalue weighted by Gasteiger charge is -2.22. The Morgan fingerprint density at radius 3 is 2.52 bits per heavy atom. The molecule has 176 valence electrons. The second-order valence-corrected chi connectivity index (χ2v) is 9.69. The van der Waals surface area contributed by atoms with Crippen molar-refractivity contribution in [3.63, 3.8) is 0 Å². The van der Waals surface area contributed by atoms with Gasteiger partial charge in [-0.3, -0.25) is 14.4 Å². The summed E-state index contributed by atoms with van der Waals surface area (Å²) < 4.78 is 26.6. The van der Waals surface area contributed by atoms with E-state index in [1.807, 2.05) is 10.8 Å². The van der Waals surface area contributed by atoms with Crippen LogP contribution < -0.4 is 5.32 Å². The van der Waals surface area contributed by atoms with Crippen LogP contribution >= 0.6 is 0 Å². The Hall–Kier alpha value is -3.74. The van der Waals surface area contributed by atoms with E-state index in [1.54, 1.807) is 30.7 Å². The summed E-state index contributed by atoms with van der Waals surface area (Å²) in [5, 5.41) is 16.7. The first-order valence-corrected chi connectivity index (χ1v) is 11.8. The van der Waals surface area contributed by atoms with Gasteiger partial charge in [-0.05, 0) is 31.0 Å². The molecular formula is C20H23N5O7S. The number of carbonyl (C=O) groups excluding carboxylic acids is 1. The number of benzene rings is 1. The molecule has 5 rings (SSSR count). The number of hydrogen-bond acceptors (Lipinski definition) is 7. The Kier molecular flexibility index (Phi) is 7.43. The highest BCUT2D eigenvalue weighted by molar-refractivity contribution is 7.91. The Morgan fingerprint density at radius 2 is 1.85 bits per heavy atom. The predicted molar refractivity (Wildman–Crippen MR) is 117 cm³/mol. The molecule has 2 atom stereocenters. The van der Waals surface area contributed by atoms with Gasteiger partial charge in [0, 0.05) is 23.9 Å². The fourth-order valence-corrected chi connectivity index (χ4v) is 5.73. The van der Waals surface area contributed by atoms with Crippen LogP contribution in [0.4, 0.5) is 0 Å². The van der Waals surface area contributed by atoms with E-state index in [0.717, 1.165) is 29.7 Å². The molecule has 0 unspecified atom stereocenters. The first kappa shape index (κ1) is 23.9. The monoisotopic (exact) mass is 477 g/mol. The van der Waals surface area contributed by atoms with Gasteiger partial charge in [-0.1, -0.05) is 0 Å². The second kappa shape index (κ2) is 10.3. The maximum atomic E-state index is 12.8. The summed E-state index contributed by atoms with van der Waals surface area (Å²) in [5.74, 6) is 1.01. The number of H-pyrrole nitrogens is 1. The van der Waals surface area contributed by atoms with Crippen LogP contribution in [-0.2, 0) is 19.4 Å². The lowest BCUT2D eigenvalue weighted by atomic mass is 10.1. The number of hydrogen-bond donors (Lipinski definition) is 4. The molecule has 0 radical (unpaired) electrons. The Labute approximate surface area is 188 Å². The molecule has 1 aliphatic heterocycles. The number of carbonyl (C=O) groups is 3. The van der Waals surface area contributed by atoms with Gasteiger partial charge in [0.1, 0.15) is 5.82 Å². The summed E-state index contributed by atoms with van der Waals surface area (Å²) in [6.45, 7) is -0.500. The van der Waals surface area contributed by atoms with Crippen molar-refractivity contribution in [2.24, 2.45) is 0 Å². The van der Waals surface area contributed by atoms with Gasteiger partial charge >= 0.3 is 0 Å². The first-order valence-electron chi connectivity index (χ1n) is 9.96. The lowest BCUT2D eigenvalue weighted by Crippen LogP contribution is -2.41. The van der Waals surface area contributed by atoms with Gasteiger partial charge < -0.3 is 25.1 Å². The number of amides is 1. The highest BCUT2D eigenvalue weighted by Gasteiger charge is 2.42. The molecule has 3 aromatic rings. The molecule has 2 aromatic heterocycles. The Morgan fingerprint density at radius 1 is 1.15 bits per heavy atom. The lowest BCUT2D eigenvalue weighted by molar-refractivity contribution is -0.123. The van der Waals surface area contributed by atoms with Crippen LogP contribution in [0.1, 0.15) is 41.0 Å². The number of aromatic amines is 1. The summed E-state index contributed by atoms with van der Waals surface area (Å²) in [5.41, 5.74) is 2.02. The van der Waals surface area contributed by atoms with Gasteiger partial charge in [0.25, 0.3) is 18.9 Å². The molecule has 4 N–H and O–H groups in total. The van der Waals surface area contributed by atoms with E-state index in [1.165, 1.54) is 0 Å². The van der Waals surface area contributed by atoms with Crippen molar-refractivity contribution in [1.82, 2.24) is 24.8 Å². The third-order valence-electron chi connectivity index (χ3n) is 5.32. The van der Waals surface area contributed by atoms with E-state index in [0.29, 0.717) is 11.5 Å². The van der Waals surface area contributed by atoms with Crippen LogP contribution in [0.5, 0.6) is 0 Å². The summed E-state index contributed by atoms with van der Waals surface area (Å²) >= 11 is 0. The van der Waals surface area contributed by atoms with Crippen molar-refractivity contribution in [2.75, 3.05) is 11.5 Å². The van der Waals surface area contributed by atoms with E-state index in [9.17, 15) is 13.2 Å². The molecule has 0 bridgehead atoms. The van der Waals surface area contributed by atoms with Gasteiger partial charge in [0.05, 0.1) is 41.0 Å². The van der Waals surface area contributed by atoms with Crippen LogP contribution in [0, 0.1) is 0 Å². The summed E-state index contributed by atoms with van der Waals surface area (Å²) in [6.07, 6.45) is 7.28. The molecule has 2 aliphatic rings. The number of fused-ring (bicyclic) bond motifs is 1. The summed E-state index contributed by atoms with van der Waals surface area (Å²) in [7, 11) is -3.23. The van der Waals surface area contributed by atoms with E-state index in [4.69, 9.17) is 19.8 Å². The minimum Gasteiger partial charge on any atom is -0.483 e. The summed E-state index contributed by atoms with van der Waals surface area (Å²) in [4.78, 5) is 41.0. The van der Waals surface area contributed by atoms with Crippen LogP contribution in [0.2, 0.25) is 0 Å². The van der Waals surface area contributed by atoms with Crippen LogP contribution in [0.3, 0.4) is 0 Å².